The molecule has 0 unspecified atom stereocenters. The summed E-state index contributed by atoms with van der Waals surface area (Å²) in [5.74, 6) is -0.233. The Balaban J connectivity index is 2.66. The van der Waals surface area contributed by atoms with Gasteiger partial charge in [-0.2, -0.15) is 10.4 Å². The molecule has 13 heavy (non-hydrogen) atoms. The van der Waals surface area contributed by atoms with Gasteiger partial charge in [-0.05, 0) is 0 Å². The van der Waals surface area contributed by atoms with E-state index in [1.165, 1.54) is 0 Å². The number of Topliss-reactive ketones (excluding diaryl/α,β-unsaturated/α-hetero) is 1. The van der Waals surface area contributed by atoms with Gasteiger partial charge in [0.2, 0.25) is 5.78 Å². The summed E-state index contributed by atoms with van der Waals surface area (Å²) < 4.78 is 0. The van der Waals surface area contributed by atoms with E-state index in [2.05, 4.69) is 5.10 Å². The van der Waals surface area contributed by atoms with Gasteiger partial charge in [0, 0.05) is 5.56 Å². The van der Waals surface area contributed by atoms with Crippen molar-refractivity contribution in [2.45, 2.75) is 0 Å². The second-order valence-electron chi connectivity index (χ2n) is 2.21. The molecule has 0 atom stereocenters. The minimum absolute atomic E-state index is 0.233. The second-order valence-corrected chi connectivity index (χ2v) is 2.21. The minimum Gasteiger partial charge on any atom is -0.287 e. The summed E-state index contributed by atoms with van der Waals surface area (Å²) in [6.07, 6.45) is 2.64. The molecule has 64 valence electrons. The number of hydrogen-bond acceptors (Lipinski definition) is 4. The number of carbonyl (C=O) groups excluding carboxylic acids is 1. The molecule has 0 aliphatic rings. The van der Waals surface area contributed by atoms with E-state index in [1.807, 2.05) is 11.5 Å². The van der Waals surface area contributed by atoms with Crippen molar-refractivity contribution in [2.24, 2.45) is 5.10 Å². The molecular formula is C9H7N3O. The van der Waals surface area contributed by atoms with Gasteiger partial charge >= 0.3 is 0 Å². The van der Waals surface area contributed by atoms with Crippen LogP contribution in [0.3, 0.4) is 0 Å². The Kier molecular flexibility index (Phi) is 3.21. The monoisotopic (exact) mass is 173 g/mol. The van der Waals surface area contributed by atoms with E-state index >= 15 is 0 Å². The van der Waals surface area contributed by atoms with Crippen LogP contribution in [0, 0.1) is 11.5 Å². The van der Waals surface area contributed by atoms with E-state index in [4.69, 9.17) is 5.26 Å². The van der Waals surface area contributed by atoms with Gasteiger partial charge in [0.1, 0.15) is 0 Å². The maximum absolute atomic E-state index is 11.2. The Hall–Kier alpha value is -2.15. The molecule has 0 aliphatic carbocycles. The van der Waals surface area contributed by atoms with E-state index in [0.29, 0.717) is 5.56 Å². The Morgan fingerprint density at radius 3 is 2.77 bits per heavy atom. The van der Waals surface area contributed by atoms with Gasteiger partial charge in [0.25, 0.3) is 0 Å². The molecule has 0 aliphatic heterocycles. The van der Waals surface area contributed by atoms with E-state index in [1.54, 1.807) is 30.5 Å². The standard InChI is InChI=1S/C9H7N3O/c10-7-12-11-6-9(13)8-4-2-1-3-5-8/h1-6,12H/b11-6+. The molecule has 0 radical (unpaired) electrons. The summed E-state index contributed by atoms with van der Waals surface area (Å²) in [5, 5.41) is 11.4. The molecule has 0 aromatic heterocycles. The number of nitrogens with zero attached hydrogens (tertiary/aromatic N) is 2. The highest BCUT2D eigenvalue weighted by atomic mass is 16.1. The predicted molar refractivity (Wildman–Crippen MR) is 48.0 cm³/mol. The number of carbonyl (C=O) groups is 1. The van der Waals surface area contributed by atoms with Crippen LogP contribution in [0.25, 0.3) is 0 Å². The molecular weight excluding hydrogens is 166 g/mol. The van der Waals surface area contributed by atoms with E-state index in [0.717, 1.165) is 6.21 Å². The summed E-state index contributed by atoms with van der Waals surface area (Å²) in [6, 6.07) is 8.71. The van der Waals surface area contributed by atoms with Crippen LogP contribution in [0.5, 0.6) is 0 Å². The highest BCUT2D eigenvalue weighted by Crippen LogP contribution is 1.97. The van der Waals surface area contributed by atoms with Crippen molar-refractivity contribution in [3.05, 3.63) is 35.9 Å². The van der Waals surface area contributed by atoms with E-state index in [9.17, 15) is 4.79 Å². The van der Waals surface area contributed by atoms with Gasteiger partial charge < -0.3 is 0 Å². The van der Waals surface area contributed by atoms with Crippen LogP contribution in [-0.2, 0) is 0 Å². The average Bonchev–Trinajstić information content (AvgIpc) is 2.19. The summed E-state index contributed by atoms with van der Waals surface area (Å²) in [5.41, 5.74) is 2.55. The number of nitrogens with one attached hydrogen (secondary N) is 1. The van der Waals surface area contributed by atoms with Crippen LogP contribution >= 0.6 is 0 Å². The Morgan fingerprint density at radius 1 is 1.46 bits per heavy atom. The lowest BCUT2D eigenvalue weighted by Crippen LogP contribution is -2.03. The van der Waals surface area contributed by atoms with Crippen molar-refractivity contribution in [3.8, 4) is 6.19 Å². The number of ketones is 1. The van der Waals surface area contributed by atoms with Crippen molar-refractivity contribution < 1.29 is 4.79 Å². The number of benzene rings is 1. The van der Waals surface area contributed by atoms with Gasteiger partial charge in [0.15, 0.2) is 6.19 Å². The predicted octanol–water partition coefficient (Wildman–Crippen LogP) is 0.926. The molecule has 0 fully saturated rings. The SMILES string of the molecule is N#CN/N=C/C(=O)c1ccccc1. The van der Waals surface area contributed by atoms with Crippen molar-refractivity contribution in [2.75, 3.05) is 0 Å². The minimum atomic E-state index is -0.233. The van der Waals surface area contributed by atoms with Crippen LogP contribution in [0.15, 0.2) is 35.4 Å². The van der Waals surface area contributed by atoms with Crippen LogP contribution < -0.4 is 5.43 Å². The topological polar surface area (TPSA) is 65.2 Å². The molecule has 1 N–H and O–H groups in total. The fourth-order valence-electron chi connectivity index (χ4n) is 0.797. The van der Waals surface area contributed by atoms with Crippen molar-refractivity contribution in [1.29, 1.82) is 5.26 Å². The van der Waals surface area contributed by atoms with Gasteiger partial charge in [-0.1, -0.05) is 30.3 Å². The molecule has 1 aromatic carbocycles. The Morgan fingerprint density at radius 2 is 2.15 bits per heavy atom. The van der Waals surface area contributed by atoms with Crippen LogP contribution in [0.4, 0.5) is 0 Å². The number of nitriles is 1. The zero-order valence-electron chi connectivity index (χ0n) is 6.77. The van der Waals surface area contributed by atoms with Gasteiger partial charge in [-0.3, -0.25) is 4.79 Å². The smallest absolute Gasteiger partial charge is 0.205 e. The van der Waals surface area contributed by atoms with Crippen molar-refractivity contribution in [1.82, 2.24) is 5.43 Å². The highest BCUT2D eigenvalue weighted by molar-refractivity contribution is 6.35. The molecule has 0 saturated carbocycles. The van der Waals surface area contributed by atoms with Crippen LogP contribution in [0.1, 0.15) is 10.4 Å². The number of hydrazone groups is 1. The first-order valence-corrected chi connectivity index (χ1v) is 3.61. The lowest BCUT2D eigenvalue weighted by molar-refractivity contribution is 0.107. The van der Waals surface area contributed by atoms with Gasteiger partial charge in [0.05, 0.1) is 6.21 Å². The summed E-state index contributed by atoms with van der Waals surface area (Å²) >= 11 is 0. The third-order valence-electron chi connectivity index (χ3n) is 1.35. The maximum Gasteiger partial charge on any atom is 0.205 e. The maximum atomic E-state index is 11.2. The van der Waals surface area contributed by atoms with Gasteiger partial charge in [-0.25, -0.2) is 5.43 Å². The van der Waals surface area contributed by atoms with E-state index in [-0.39, 0.29) is 5.78 Å². The first-order chi connectivity index (χ1) is 6.34. The molecule has 0 heterocycles. The quantitative estimate of drug-likeness (QED) is 0.243. The molecule has 4 nitrogen and oxygen atoms in total. The molecule has 0 saturated heterocycles. The first kappa shape index (κ1) is 8.94. The summed E-state index contributed by atoms with van der Waals surface area (Å²) in [7, 11) is 0. The second kappa shape index (κ2) is 4.67. The fourth-order valence-corrected chi connectivity index (χ4v) is 0.797. The Labute approximate surface area is 75.5 Å². The summed E-state index contributed by atoms with van der Waals surface area (Å²) in [6.45, 7) is 0. The first-order valence-electron chi connectivity index (χ1n) is 3.61. The average molecular weight is 173 g/mol. The van der Waals surface area contributed by atoms with E-state index < -0.39 is 0 Å². The molecule has 0 amide bonds. The molecule has 0 bridgehead atoms. The Bertz CT molecular complexity index is 351. The zero-order chi connectivity index (χ0) is 9.52. The van der Waals surface area contributed by atoms with Crippen LogP contribution in [0.2, 0.25) is 0 Å². The summed E-state index contributed by atoms with van der Waals surface area (Å²) in [4.78, 5) is 11.2. The van der Waals surface area contributed by atoms with Crippen molar-refractivity contribution in [3.63, 3.8) is 0 Å². The lowest BCUT2D eigenvalue weighted by Gasteiger charge is -1.91. The highest BCUT2D eigenvalue weighted by Gasteiger charge is 1.99. The molecule has 1 aromatic rings. The zero-order valence-corrected chi connectivity index (χ0v) is 6.77. The third-order valence-corrected chi connectivity index (χ3v) is 1.35. The van der Waals surface area contributed by atoms with Gasteiger partial charge in [-0.15, -0.1) is 0 Å². The normalized spacial score (nSPS) is 9.46. The van der Waals surface area contributed by atoms with Crippen molar-refractivity contribution >= 4 is 12.0 Å². The largest absolute Gasteiger partial charge is 0.287 e. The number of rotatable bonds is 3. The van der Waals surface area contributed by atoms with Crippen LogP contribution in [-0.4, -0.2) is 12.0 Å². The number of hydrogen-bond donors (Lipinski definition) is 1. The molecule has 4 heteroatoms. The molecule has 1 rings (SSSR count). The third kappa shape index (κ3) is 2.75. The lowest BCUT2D eigenvalue weighted by atomic mass is 10.1. The molecule has 0 spiro atoms. The fraction of sp³-hybridized carbons (Fsp3) is 0.